The molecule has 0 amide bonds. The number of hydrogen-bond donors (Lipinski definition) is 1. The Morgan fingerprint density at radius 1 is 1.50 bits per heavy atom. The Morgan fingerprint density at radius 2 is 2.31 bits per heavy atom. The number of rotatable bonds is 3. The summed E-state index contributed by atoms with van der Waals surface area (Å²) in [4.78, 5) is 0. The summed E-state index contributed by atoms with van der Waals surface area (Å²) < 4.78 is 5.37. The average Bonchev–Trinajstić information content (AvgIpc) is 2.75. The van der Waals surface area contributed by atoms with Crippen LogP contribution in [0.1, 0.15) is 23.1 Å². The third-order valence-electron chi connectivity index (χ3n) is 2.95. The number of hydrogen-bond acceptors (Lipinski definition) is 2. The van der Waals surface area contributed by atoms with Gasteiger partial charge in [0.15, 0.2) is 0 Å². The molecule has 2 N–H and O–H groups in total. The van der Waals surface area contributed by atoms with E-state index < -0.39 is 0 Å². The van der Waals surface area contributed by atoms with Crippen molar-refractivity contribution >= 4 is 17.7 Å². The van der Waals surface area contributed by atoms with Crippen molar-refractivity contribution in [2.24, 2.45) is 5.73 Å². The zero-order chi connectivity index (χ0) is 11.5. The van der Waals surface area contributed by atoms with Gasteiger partial charge in [0.25, 0.3) is 0 Å². The Labute approximate surface area is 101 Å². The van der Waals surface area contributed by atoms with Gasteiger partial charge in [-0.2, -0.15) is 0 Å². The van der Waals surface area contributed by atoms with Crippen LogP contribution in [0.5, 0.6) is 5.75 Å². The van der Waals surface area contributed by atoms with Crippen LogP contribution >= 0.6 is 11.6 Å². The molecule has 0 aliphatic heterocycles. The normalized spacial score (nSPS) is 14.4. The van der Waals surface area contributed by atoms with Gasteiger partial charge in [-0.25, -0.2) is 0 Å². The number of halogens is 1. The number of benzene rings is 1. The second kappa shape index (κ2) is 4.89. The minimum absolute atomic E-state index is 0.526. The van der Waals surface area contributed by atoms with E-state index in [0.717, 1.165) is 29.2 Å². The van der Waals surface area contributed by atoms with Crippen LogP contribution in [-0.4, -0.2) is 13.7 Å². The van der Waals surface area contributed by atoms with E-state index in [4.69, 9.17) is 22.1 Å². The van der Waals surface area contributed by atoms with Gasteiger partial charge in [0, 0.05) is 12.1 Å². The standard InChI is InChI=1S/C13H16ClNO/c1-16-13-10(5-3-7-15)8-9-4-2-6-11(9)12(13)14/h3,5,8H,2,4,6-7,15H2,1H3/b5-3+. The topological polar surface area (TPSA) is 35.2 Å². The molecule has 0 heterocycles. The van der Waals surface area contributed by atoms with Crippen LogP contribution in [0.4, 0.5) is 0 Å². The second-order valence-corrected chi connectivity index (χ2v) is 4.32. The maximum absolute atomic E-state index is 6.35. The minimum atomic E-state index is 0.526. The van der Waals surface area contributed by atoms with Gasteiger partial charge in [0.05, 0.1) is 12.1 Å². The van der Waals surface area contributed by atoms with Gasteiger partial charge in [-0.05, 0) is 36.5 Å². The molecule has 0 unspecified atom stereocenters. The number of fused-ring (bicyclic) bond motifs is 1. The monoisotopic (exact) mass is 237 g/mol. The smallest absolute Gasteiger partial charge is 0.144 e. The van der Waals surface area contributed by atoms with Crippen molar-refractivity contribution in [3.63, 3.8) is 0 Å². The summed E-state index contributed by atoms with van der Waals surface area (Å²) in [6, 6.07) is 2.17. The summed E-state index contributed by atoms with van der Waals surface area (Å²) in [5.41, 5.74) is 9.09. The summed E-state index contributed by atoms with van der Waals surface area (Å²) in [7, 11) is 1.66. The molecular weight excluding hydrogens is 222 g/mol. The van der Waals surface area contributed by atoms with Crippen molar-refractivity contribution in [1.82, 2.24) is 0 Å². The van der Waals surface area contributed by atoms with Crippen LogP contribution in [-0.2, 0) is 12.8 Å². The molecule has 1 aromatic rings. The van der Waals surface area contributed by atoms with E-state index in [2.05, 4.69) is 6.07 Å². The summed E-state index contributed by atoms with van der Waals surface area (Å²) >= 11 is 6.35. The van der Waals surface area contributed by atoms with E-state index in [1.165, 1.54) is 17.5 Å². The van der Waals surface area contributed by atoms with E-state index in [1.807, 2.05) is 12.2 Å². The lowest BCUT2D eigenvalue weighted by Gasteiger charge is -2.12. The van der Waals surface area contributed by atoms with Crippen molar-refractivity contribution < 1.29 is 4.74 Å². The maximum Gasteiger partial charge on any atom is 0.144 e. The summed E-state index contributed by atoms with van der Waals surface area (Å²) in [6.07, 6.45) is 7.25. The predicted octanol–water partition coefficient (Wildman–Crippen LogP) is 2.81. The quantitative estimate of drug-likeness (QED) is 0.878. The zero-order valence-corrected chi connectivity index (χ0v) is 10.2. The highest BCUT2D eigenvalue weighted by Gasteiger charge is 2.19. The third kappa shape index (κ3) is 1.95. The molecule has 0 aromatic heterocycles. The SMILES string of the molecule is COc1c(/C=C/CN)cc2c(c1Cl)CCC2. The predicted molar refractivity (Wildman–Crippen MR) is 68.1 cm³/mol. The van der Waals surface area contributed by atoms with Crippen molar-refractivity contribution in [2.45, 2.75) is 19.3 Å². The first kappa shape index (κ1) is 11.5. The van der Waals surface area contributed by atoms with Crippen LogP contribution < -0.4 is 10.5 Å². The first-order chi connectivity index (χ1) is 7.77. The van der Waals surface area contributed by atoms with Gasteiger partial charge in [0.2, 0.25) is 0 Å². The molecule has 1 aromatic carbocycles. The zero-order valence-electron chi connectivity index (χ0n) is 9.42. The summed E-state index contributed by atoms with van der Waals surface area (Å²) in [6.45, 7) is 0.526. The maximum atomic E-state index is 6.35. The molecule has 1 aliphatic rings. The fourth-order valence-electron chi connectivity index (χ4n) is 2.22. The first-order valence-corrected chi connectivity index (χ1v) is 5.90. The van der Waals surface area contributed by atoms with Crippen LogP contribution in [0.3, 0.4) is 0 Å². The summed E-state index contributed by atoms with van der Waals surface area (Å²) in [5, 5.41) is 0.772. The molecule has 2 nitrogen and oxygen atoms in total. The van der Waals surface area contributed by atoms with E-state index in [1.54, 1.807) is 7.11 Å². The molecule has 2 rings (SSSR count). The molecule has 3 heteroatoms. The Bertz CT molecular complexity index is 426. The molecule has 1 aliphatic carbocycles. The van der Waals surface area contributed by atoms with Crippen LogP contribution in [0, 0.1) is 0 Å². The van der Waals surface area contributed by atoms with Crippen molar-refractivity contribution in [2.75, 3.05) is 13.7 Å². The molecule has 0 bridgehead atoms. The lowest BCUT2D eigenvalue weighted by atomic mass is 10.0. The molecule has 0 fully saturated rings. The molecule has 0 spiro atoms. The number of methoxy groups -OCH3 is 1. The van der Waals surface area contributed by atoms with E-state index in [0.29, 0.717) is 6.54 Å². The van der Waals surface area contributed by atoms with Crippen molar-refractivity contribution in [1.29, 1.82) is 0 Å². The second-order valence-electron chi connectivity index (χ2n) is 3.94. The fraction of sp³-hybridized carbons (Fsp3) is 0.385. The largest absolute Gasteiger partial charge is 0.495 e. The van der Waals surface area contributed by atoms with Crippen molar-refractivity contribution in [3.8, 4) is 5.75 Å². The van der Waals surface area contributed by atoms with Crippen LogP contribution in [0.15, 0.2) is 12.1 Å². The number of aryl methyl sites for hydroxylation is 1. The lowest BCUT2D eigenvalue weighted by Crippen LogP contribution is -1.96. The molecule has 0 saturated carbocycles. The van der Waals surface area contributed by atoms with E-state index >= 15 is 0 Å². The van der Waals surface area contributed by atoms with Gasteiger partial charge in [-0.3, -0.25) is 0 Å². The molecular formula is C13H16ClNO. The lowest BCUT2D eigenvalue weighted by molar-refractivity contribution is 0.413. The first-order valence-electron chi connectivity index (χ1n) is 5.52. The highest BCUT2D eigenvalue weighted by molar-refractivity contribution is 6.33. The van der Waals surface area contributed by atoms with Gasteiger partial charge in [-0.15, -0.1) is 0 Å². The molecule has 0 saturated heterocycles. The highest BCUT2D eigenvalue weighted by atomic mass is 35.5. The van der Waals surface area contributed by atoms with Crippen LogP contribution in [0.25, 0.3) is 6.08 Å². The van der Waals surface area contributed by atoms with Gasteiger partial charge in [0.1, 0.15) is 5.75 Å². The van der Waals surface area contributed by atoms with Gasteiger partial charge < -0.3 is 10.5 Å². The Morgan fingerprint density at radius 3 is 3.00 bits per heavy atom. The Kier molecular flexibility index (Phi) is 3.52. The Balaban J connectivity index is 2.52. The number of ether oxygens (including phenoxy) is 1. The fourth-order valence-corrected chi connectivity index (χ4v) is 2.62. The van der Waals surface area contributed by atoms with Gasteiger partial charge in [-0.1, -0.05) is 23.8 Å². The molecule has 86 valence electrons. The Hall–Kier alpha value is -0.990. The molecule has 0 radical (unpaired) electrons. The van der Waals surface area contributed by atoms with E-state index in [-0.39, 0.29) is 0 Å². The average molecular weight is 238 g/mol. The third-order valence-corrected chi connectivity index (χ3v) is 3.35. The van der Waals surface area contributed by atoms with Crippen molar-refractivity contribution in [3.05, 3.63) is 33.9 Å². The minimum Gasteiger partial charge on any atom is -0.495 e. The summed E-state index contributed by atoms with van der Waals surface area (Å²) in [5.74, 6) is 0.770. The van der Waals surface area contributed by atoms with Crippen LogP contribution in [0.2, 0.25) is 5.02 Å². The van der Waals surface area contributed by atoms with Gasteiger partial charge >= 0.3 is 0 Å². The highest BCUT2D eigenvalue weighted by Crippen LogP contribution is 2.39. The molecule has 0 atom stereocenters. The number of nitrogens with two attached hydrogens (primary N) is 1. The van der Waals surface area contributed by atoms with E-state index in [9.17, 15) is 0 Å². The molecule has 16 heavy (non-hydrogen) atoms.